The van der Waals surface area contributed by atoms with Crippen molar-refractivity contribution in [2.45, 2.75) is 6.54 Å². The molecule has 2 aromatic heterocycles. The number of nitrogens with zero attached hydrogens (tertiary/aromatic N) is 3. The molecule has 1 N–H and O–H groups in total. The van der Waals surface area contributed by atoms with Crippen molar-refractivity contribution in [3.8, 4) is 5.88 Å². The topological polar surface area (TPSA) is 50.3 Å². The summed E-state index contributed by atoms with van der Waals surface area (Å²) in [5.74, 6) is 0.593. The summed E-state index contributed by atoms with van der Waals surface area (Å²) in [5.41, 5.74) is 3.03. The predicted molar refractivity (Wildman–Crippen MR) is 76.7 cm³/mol. The van der Waals surface area contributed by atoms with E-state index in [9.17, 15) is 0 Å². The molecule has 0 aromatic carbocycles. The highest BCUT2D eigenvalue weighted by molar-refractivity contribution is 5.74. The molecule has 5 heteroatoms. The summed E-state index contributed by atoms with van der Waals surface area (Å²) in [5, 5.41) is 3.36. The predicted octanol–water partition coefficient (Wildman–Crippen LogP) is 2.16. The van der Waals surface area contributed by atoms with E-state index in [0.29, 0.717) is 12.4 Å². The first kappa shape index (κ1) is 13.1. The number of nitrogens with one attached hydrogen (secondary N) is 1. The molecule has 2 heterocycles. The van der Waals surface area contributed by atoms with Crippen molar-refractivity contribution in [1.29, 1.82) is 0 Å². The number of pyridine rings is 2. The summed E-state index contributed by atoms with van der Waals surface area (Å²) in [6.07, 6.45) is 5.34. The molecule has 0 aliphatic rings. The van der Waals surface area contributed by atoms with Crippen molar-refractivity contribution < 1.29 is 4.74 Å². The minimum absolute atomic E-state index is 0.593. The van der Waals surface area contributed by atoms with Crippen LogP contribution in [0.3, 0.4) is 0 Å². The van der Waals surface area contributed by atoms with Gasteiger partial charge in [-0.1, -0.05) is 6.07 Å². The Morgan fingerprint density at radius 1 is 1.26 bits per heavy atom. The Bertz CT molecular complexity index is 528. The molecule has 0 atom stereocenters. The first-order valence-corrected chi connectivity index (χ1v) is 6.05. The van der Waals surface area contributed by atoms with E-state index in [1.807, 2.05) is 43.4 Å². The number of rotatable bonds is 5. The Morgan fingerprint density at radius 2 is 2.11 bits per heavy atom. The molecule has 0 unspecified atom stereocenters. The Balaban J connectivity index is 2.23. The van der Waals surface area contributed by atoms with E-state index in [1.54, 1.807) is 19.5 Å². The summed E-state index contributed by atoms with van der Waals surface area (Å²) in [6.45, 7) is 0.677. The van der Waals surface area contributed by atoms with E-state index in [4.69, 9.17) is 4.74 Å². The van der Waals surface area contributed by atoms with Crippen LogP contribution in [-0.4, -0.2) is 31.2 Å². The van der Waals surface area contributed by atoms with Crippen LogP contribution in [0.5, 0.6) is 5.88 Å². The molecule has 2 aromatic rings. The van der Waals surface area contributed by atoms with Gasteiger partial charge in [-0.3, -0.25) is 4.98 Å². The van der Waals surface area contributed by atoms with Gasteiger partial charge >= 0.3 is 0 Å². The highest BCUT2D eigenvalue weighted by Gasteiger charge is 2.11. The number of hydrogen-bond donors (Lipinski definition) is 1. The zero-order valence-electron chi connectivity index (χ0n) is 11.4. The normalized spacial score (nSPS) is 10.1. The minimum atomic E-state index is 0.593. The molecule has 100 valence electrons. The summed E-state index contributed by atoms with van der Waals surface area (Å²) in [7, 11) is 5.60. The van der Waals surface area contributed by atoms with Gasteiger partial charge in [0.25, 0.3) is 0 Å². The lowest BCUT2D eigenvalue weighted by Crippen LogP contribution is -2.13. The van der Waals surface area contributed by atoms with Crippen molar-refractivity contribution >= 4 is 11.4 Å². The van der Waals surface area contributed by atoms with E-state index >= 15 is 0 Å². The largest absolute Gasteiger partial charge is 0.479 e. The second-order valence-corrected chi connectivity index (χ2v) is 4.32. The van der Waals surface area contributed by atoms with Crippen LogP contribution in [0.1, 0.15) is 5.56 Å². The van der Waals surface area contributed by atoms with Gasteiger partial charge in [-0.2, -0.15) is 0 Å². The van der Waals surface area contributed by atoms with Gasteiger partial charge in [0.15, 0.2) is 0 Å². The average Bonchev–Trinajstić information content (AvgIpc) is 2.45. The Hall–Kier alpha value is -2.30. The Kier molecular flexibility index (Phi) is 4.18. The van der Waals surface area contributed by atoms with E-state index in [2.05, 4.69) is 15.3 Å². The number of aromatic nitrogens is 2. The monoisotopic (exact) mass is 258 g/mol. The highest BCUT2D eigenvalue weighted by Crippen LogP contribution is 2.32. The van der Waals surface area contributed by atoms with Crippen LogP contribution in [-0.2, 0) is 6.54 Å². The third-order valence-corrected chi connectivity index (χ3v) is 2.76. The molecular weight excluding hydrogens is 240 g/mol. The number of anilines is 2. The first-order chi connectivity index (χ1) is 9.22. The van der Waals surface area contributed by atoms with Crippen LogP contribution in [0.25, 0.3) is 0 Å². The standard InChI is InChI=1S/C14H18N4O/c1-18(2)12-6-8-16-14(19-3)13(12)17-10-11-5-4-7-15-9-11/h4-9,17H,10H2,1-3H3. The van der Waals surface area contributed by atoms with Crippen molar-refractivity contribution in [2.24, 2.45) is 0 Å². The molecule has 5 nitrogen and oxygen atoms in total. The summed E-state index contributed by atoms with van der Waals surface area (Å²) < 4.78 is 5.31. The van der Waals surface area contributed by atoms with Crippen molar-refractivity contribution in [1.82, 2.24) is 9.97 Å². The van der Waals surface area contributed by atoms with Gasteiger partial charge in [0.05, 0.1) is 12.8 Å². The fraction of sp³-hybridized carbons (Fsp3) is 0.286. The second-order valence-electron chi connectivity index (χ2n) is 4.32. The van der Waals surface area contributed by atoms with Gasteiger partial charge in [0.2, 0.25) is 5.88 Å². The molecule has 0 fully saturated rings. The molecule has 0 spiro atoms. The molecule has 0 amide bonds. The van der Waals surface area contributed by atoms with Crippen molar-refractivity contribution in [3.63, 3.8) is 0 Å². The molecule has 0 saturated heterocycles. The lowest BCUT2D eigenvalue weighted by atomic mass is 10.2. The summed E-state index contributed by atoms with van der Waals surface area (Å²) in [6, 6.07) is 5.90. The fourth-order valence-corrected chi connectivity index (χ4v) is 1.82. The molecule has 0 bridgehead atoms. The maximum Gasteiger partial charge on any atom is 0.239 e. The zero-order valence-corrected chi connectivity index (χ0v) is 11.4. The minimum Gasteiger partial charge on any atom is -0.479 e. The highest BCUT2D eigenvalue weighted by atomic mass is 16.5. The number of methoxy groups -OCH3 is 1. The lowest BCUT2D eigenvalue weighted by molar-refractivity contribution is 0.400. The summed E-state index contributed by atoms with van der Waals surface area (Å²) >= 11 is 0. The third-order valence-electron chi connectivity index (χ3n) is 2.76. The second kappa shape index (κ2) is 6.04. The van der Waals surface area contributed by atoms with Crippen LogP contribution in [0.15, 0.2) is 36.8 Å². The molecule has 0 aliphatic carbocycles. The van der Waals surface area contributed by atoms with E-state index in [-0.39, 0.29) is 0 Å². The number of ether oxygens (including phenoxy) is 1. The fourth-order valence-electron chi connectivity index (χ4n) is 1.82. The average molecular weight is 258 g/mol. The SMILES string of the molecule is COc1nccc(N(C)C)c1NCc1cccnc1. The van der Waals surface area contributed by atoms with Gasteiger partial charge in [-0.25, -0.2) is 4.98 Å². The Labute approximate surface area is 113 Å². The molecular formula is C14H18N4O. The first-order valence-electron chi connectivity index (χ1n) is 6.05. The maximum absolute atomic E-state index is 5.31. The quantitative estimate of drug-likeness (QED) is 0.890. The van der Waals surface area contributed by atoms with E-state index < -0.39 is 0 Å². The van der Waals surface area contributed by atoms with Crippen LogP contribution in [0.4, 0.5) is 11.4 Å². The van der Waals surface area contributed by atoms with Crippen LogP contribution in [0, 0.1) is 0 Å². The molecule has 19 heavy (non-hydrogen) atoms. The van der Waals surface area contributed by atoms with Crippen molar-refractivity contribution in [3.05, 3.63) is 42.4 Å². The van der Waals surface area contributed by atoms with E-state index in [0.717, 1.165) is 16.9 Å². The molecule has 0 aliphatic heterocycles. The van der Waals surface area contributed by atoms with Gasteiger partial charge < -0.3 is 15.0 Å². The van der Waals surface area contributed by atoms with Crippen LogP contribution >= 0.6 is 0 Å². The van der Waals surface area contributed by atoms with Gasteiger partial charge in [0, 0.05) is 39.2 Å². The van der Waals surface area contributed by atoms with Crippen LogP contribution in [0.2, 0.25) is 0 Å². The van der Waals surface area contributed by atoms with E-state index in [1.165, 1.54) is 0 Å². The van der Waals surface area contributed by atoms with Crippen LogP contribution < -0.4 is 15.0 Å². The maximum atomic E-state index is 5.31. The van der Waals surface area contributed by atoms with Gasteiger partial charge in [-0.15, -0.1) is 0 Å². The lowest BCUT2D eigenvalue weighted by Gasteiger charge is -2.19. The smallest absolute Gasteiger partial charge is 0.239 e. The molecule has 0 saturated carbocycles. The molecule has 2 rings (SSSR count). The van der Waals surface area contributed by atoms with Gasteiger partial charge in [-0.05, 0) is 17.7 Å². The number of hydrogen-bond acceptors (Lipinski definition) is 5. The third kappa shape index (κ3) is 3.13. The van der Waals surface area contributed by atoms with Gasteiger partial charge in [0.1, 0.15) is 5.69 Å². The molecule has 0 radical (unpaired) electrons. The zero-order chi connectivity index (χ0) is 13.7. The Morgan fingerprint density at radius 3 is 2.74 bits per heavy atom. The summed E-state index contributed by atoms with van der Waals surface area (Å²) in [4.78, 5) is 10.3. The van der Waals surface area contributed by atoms with Crippen molar-refractivity contribution in [2.75, 3.05) is 31.4 Å².